The standard InChI is InChI=1S/C6H4N2O5.Pb/c9-6-2-1-4(7(10)11)3-5(6)8(12)13;/h1-3,9H;. The third-order valence-electron chi connectivity index (χ3n) is 1.37. The molecule has 0 aliphatic carbocycles. The molecule has 0 aliphatic heterocycles. The number of hydrogen-bond donors (Lipinski definition) is 1. The van der Waals surface area contributed by atoms with Crippen LogP contribution in [0.25, 0.3) is 0 Å². The van der Waals surface area contributed by atoms with Gasteiger partial charge < -0.3 is 5.11 Å². The van der Waals surface area contributed by atoms with E-state index in [-0.39, 0.29) is 27.3 Å². The molecule has 0 bridgehead atoms. The Balaban J connectivity index is 0.00000169. The Morgan fingerprint density at radius 2 is 1.71 bits per heavy atom. The van der Waals surface area contributed by atoms with Gasteiger partial charge in [0.1, 0.15) is 0 Å². The van der Waals surface area contributed by atoms with Crippen LogP contribution in [0, 0.1) is 20.2 Å². The van der Waals surface area contributed by atoms with Crippen LogP contribution in [-0.4, -0.2) is 42.3 Å². The second-order valence-electron chi connectivity index (χ2n) is 2.19. The molecule has 1 N–H and O–H groups in total. The van der Waals surface area contributed by atoms with E-state index >= 15 is 0 Å². The molecule has 4 radical (unpaired) electrons. The molecule has 0 unspecified atom stereocenters. The van der Waals surface area contributed by atoms with Crippen LogP contribution in [0.4, 0.5) is 11.4 Å². The van der Waals surface area contributed by atoms with Crippen LogP contribution in [0.3, 0.4) is 0 Å². The molecule has 14 heavy (non-hydrogen) atoms. The molecule has 1 aromatic carbocycles. The van der Waals surface area contributed by atoms with Crippen molar-refractivity contribution in [2.45, 2.75) is 0 Å². The van der Waals surface area contributed by atoms with Gasteiger partial charge in [0.25, 0.3) is 5.69 Å². The molecule has 0 spiro atoms. The molecule has 8 heteroatoms. The van der Waals surface area contributed by atoms with Gasteiger partial charge in [0, 0.05) is 33.4 Å². The van der Waals surface area contributed by atoms with E-state index in [0.29, 0.717) is 6.07 Å². The average Bonchev–Trinajstić information content (AvgIpc) is 2.04. The minimum absolute atomic E-state index is 0. The Morgan fingerprint density at radius 1 is 1.14 bits per heavy atom. The summed E-state index contributed by atoms with van der Waals surface area (Å²) in [6.45, 7) is 0. The number of benzene rings is 1. The number of nitrogens with zero attached hydrogens (tertiary/aromatic N) is 2. The fourth-order valence-electron chi connectivity index (χ4n) is 0.772. The van der Waals surface area contributed by atoms with Crippen molar-refractivity contribution >= 4 is 38.7 Å². The topological polar surface area (TPSA) is 107 Å². The summed E-state index contributed by atoms with van der Waals surface area (Å²) < 4.78 is 0. The second kappa shape index (κ2) is 4.83. The molecule has 1 aromatic rings. The fraction of sp³-hybridized carbons (Fsp3) is 0. The normalized spacial score (nSPS) is 8.86. The number of phenols is 1. The Kier molecular flexibility index (Phi) is 4.40. The van der Waals surface area contributed by atoms with Crippen LogP contribution < -0.4 is 0 Å². The smallest absolute Gasteiger partial charge is 0.317 e. The fourth-order valence-corrected chi connectivity index (χ4v) is 0.772. The third-order valence-corrected chi connectivity index (χ3v) is 1.37. The Labute approximate surface area is 97.8 Å². The molecule has 0 saturated carbocycles. The van der Waals surface area contributed by atoms with Gasteiger partial charge in [0.05, 0.1) is 15.9 Å². The van der Waals surface area contributed by atoms with Crippen molar-refractivity contribution in [2.75, 3.05) is 0 Å². The van der Waals surface area contributed by atoms with Gasteiger partial charge >= 0.3 is 5.69 Å². The van der Waals surface area contributed by atoms with E-state index < -0.39 is 27.0 Å². The first-order valence-corrected chi connectivity index (χ1v) is 3.14. The van der Waals surface area contributed by atoms with Crippen molar-refractivity contribution in [3.63, 3.8) is 0 Å². The van der Waals surface area contributed by atoms with Gasteiger partial charge in [-0.25, -0.2) is 0 Å². The van der Waals surface area contributed by atoms with Crippen molar-refractivity contribution in [1.29, 1.82) is 0 Å². The number of non-ortho nitro benzene ring substituents is 1. The first-order chi connectivity index (χ1) is 6.02. The maximum absolute atomic E-state index is 10.2. The van der Waals surface area contributed by atoms with Crippen molar-refractivity contribution in [3.8, 4) is 5.75 Å². The van der Waals surface area contributed by atoms with E-state index in [1.54, 1.807) is 0 Å². The Hall–Kier alpha value is -1.26. The molecule has 72 valence electrons. The van der Waals surface area contributed by atoms with E-state index in [4.69, 9.17) is 5.11 Å². The van der Waals surface area contributed by atoms with Gasteiger partial charge in [0.15, 0.2) is 5.75 Å². The van der Waals surface area contributed by atoms with Crippen LogP contribution in [0.5, 0.6) is 5.75 Å². The van der Waals surface area contributed by atoms with Crippen LogP contribution in [0.15, 0.2) is 18.2 Å². The predicted octanol–water partition coefficient (Wildman–Crippen LogP) is 0.828. The number of phenolic OH excluding ortho intramolecular Hbond substituents is 1. The quantitative estimate of drug-likeness (QED) is 0.457. The van der Waals surface area contributed by atoms with Crippen LogP contribution in [-0.2, 0) is 0 Å². The van der Waals surface area contributed by atoms with Gasteiger partial charge in [-0.1, -0.05) is 0 Å². The summed E-state index contributed by atoms with van der Waals surface area (Å²) in [7, 11) is 0. The largest absolute Gasteiger partial charge is 0.502 e. The number of rotatable bonds is 2. The predicted molar refractivity (Wildman–Crippen MR) is 47.2 cm³/mol. The monoisotopic (exact) mass is 392 g/mol. The molecule has 0 saturated heterocycles. The molecule has 0 aliphatic rings. The van der Waals surface area contributed by atoms with Gasteiger partial charge in [-0.2, -0.15) is 0 Å². The first kappa shape index (κ1) is 12.7. The molecular formula is C6H4N2O5Pb. The van der Waals surface area contributed by atoms with E-state index in [0.717, 1.165) is 12.1 Å². The van der Waals surface area contributed by atoms with E-state index in [1.807, 2.05) is 0 Å². The molecule has 7 nitrogen and oxygen atoms in total. The van der Waals surface area contributed by atoms with Crippen LogP contribution >= 0.6 is 0 Å². The minimum Gasteiger partial charge on any atom is -0.502 e. The Bertz CT molecular complexity index is 380. The van der Waals surface area contributed by atoms with Gasteiger partial charge in [-0.15, -0.1) is 0 Å². The number of nitro groups is 2. The van der Waals surface area contributed by atoms with Crippen molar-refractivity contribution in [1.82, 2.24) is 0 Å². The Morgan fingerprint density at radius 3 is 2.14 bits per heavy atom. The van der Waals surface area contributed by atoms with Crippen molar-refractivity contribution in [3.05, 3.63) is 38.4 Å². The molecule has 1 rings (SSSR count). The van der Waals surface area contributed by atoms with Gasteiger partial charge in [-0.05, 0) is 6.07 Å². The zero-order chi connectivity index (χ0) is 10.0. The number of aromatic hydroxyl groups is 1. The van der Waals surface area contributed by atoms with E-state index in [2.05, 4.69) is 0 Å². The SMILES string of the molecule is O=[N+]([O-])c1ccc(O)c([N+](=O)[O-])c1.[Pb]. The van der Waals surface area contributed by atoms with Crippen molar-refractivity contribution in [2.24, 2.45) is 0 Å². The van der Waals surface area contributed by atoms with Crippen molar-refractivity contribution < 1.29 is 15.0 Å². The maximum atomic E-state index is 10.2. The van der Waals surface area contributed by atoms with Crippen LogP contribution in [0.1, 0.15) is 0 Å². The number of hydrogen-bond acceptors (Lipinski definition) is 5. The van der Waals surface area contributed by atoms with Crippen LogP contribution in [0.2, 0.25) is 0 Å². The van der Waals surface area contributed by atoms with Gasteiger partial charge in [-0.3, -0.25) is 20.2 Å². The minimum atomic E-state index is -0.887. The van der Waals surface area contributed by atoms with Gasteiger partial charge in [0.2, 0.25) is 0 Å². The molecule has 0 amide bonds. The number of nitro benzene ring substituents is 2. The first-order valence-electron chi connectivity index (χ1n) is 3.14. The summed E-state index contributed by atoms with van der Waals surface area (Å²) in [4.78, 5) is 18.7. The molecule has 0 heterocycles. The molecular weight excluding hydrogens is 387 g/mol. The summed E-state index contributed by atoms with van der Waals surface area (Å²) in [5.74, 6) is -0.587. The summed E-state index contributed by atoms with van der Waals surface area (Å²) in [5, 5.41) is 29.3. The second-order valence-corrected chi connectivity index (χ2v) is 2.19. The molecule has 0 atom stereocenters. The third kappa shape index (κ3) is 2.62. The van der Waals surface area contributed by atoms with E-state index in [1.165, 1.54) is 0 Å². The zero-order valence-corrected chi connectivity index (χ0v) is 10.6. The summed E-state index contributed by atoms with van der Waals surface area (Å²) in [5.41, 5.74) is -1.10. The molecule has 0 aromatic heterocycles. The average molecular weight is 391 g/mol. The van der Waals surface area contributed by atoms with E-state index in [9.17, 15) is 20.2 Å². The summed E-state index contributed by atoms with van der Waals surface area (Å²) in [6, 6.07) is 2.61. The summed E-state index contributed by atoms with van der Waals surface area (Å²) in [6.07, 6.45) is 0. The maximum Gasteiger partial charge on any atom is 0.317 e. The zero-order valence-electron chi connectivity index (χ0n) is 6.71. The molecule has 0 fully saturated rings. The summed E-state index contributed by atoms with van der Waals surface area (Å²) >= 11 is 0.